The quantitative estimate of drug-likeness (QED) is 0.133. The van der Waals surface area contributed by atoms with Gasteiger partial charge in [0.05, 0.1) is 57.2 Å². The predicted molar refractivity (Wildman–Crippen MR) is 103 cm³/mol. The first-order valence-electron chi connectivity index (χ1n) is 7.58. The molecule has 1 aliphatic rings. The van der Waals surface area contributed by atoms with E-state index in [2.05, 4.69) is 10.4 Å². The average Bonchev–Trinajstić information content (AvgIpc) is 2.90. The molecule has 0 radical (unpaired) electrons. The van der Waals surface area contributed by atoms with Crippen LogP contribution in [0.2, 0.25) is 0 Å². The first-order valence-corrected chi connectivity index (χ1v) is 12.6. The number of ether oxygens (including phenoxy) is 1. The Kier molecular flexibility index (Phi) is 12.4. The minimum absolute atomic E-state index is 0.0535. The SMILES string of the molecule is N#CCCO[PH](=S)N[C@H]1[C@@H](O)[C@H](NC=N)O[C@@H]1CO[PH](=S)OCCC#N. The Hall–Kier alpha value is -0.490. The molecule has 1 rings (SSSR count). The van der Waals surface area contributed by atoms with Gasteiger partial charge in [-0.1, -0.05) is 11.8 Å². The van der Waals surface area contributed by atoms with Crippen LogP contribution in [0.25, 0.3) is 0 Å². The van der Waals surface area contributed by atoms with Crippen molar-refractivity contribution in [3.8, 4) is 12.1 Å². The smallest absolute Gasteiger partial charge is 0.176 e. The Morgan fingerprint density at radius 3 is 2.46 bits per heavy atom. The van der Waals surface area contributed by atoms with Crippen LogP contribution in [0, 0.1) is 28.1 Å². The maximum absolute atomic E-state index is 10.4. The summed E-state index contributed by atoms with van der Waals surface area (Å²) in [5.74, 6) is 0. The molecule has 1 aliphatic heterocycles. The van der Waals surface area contributed by atoms with Crippen LogP contribution in [-0.2, 0) is 41.9 Å². The van der Waals surface area contributed by atoms with E-state index < -0.39 is 38.7 Å². The topological polar surface area (TPSA) is 153 Å². The van der Waals surface area contributed by atoms with Gasteiger partial charge in [-0.15, -0.1) is 0 Å². The van der Waals surface area contributed by atoms with E-state index in [1.807, 2.05) is 12.1 Å². The molecule has 0 aliphatic carbocycles. The number of aliphatic hydroxyl groups excluding tert-OH is 1. The fraction of sp³-hybridized carbons (Fsp3) is 0.750. The van der Waals surface area contributed by atoms with E-state index in [1.165, 1.54) is 0 Å². The number of hydrogen-bond donors (Lipinski definition) is 4. The largest absolute Gasteiger partial charge is 0.387 e. The summed E-state index contributed by atoms with van der Waals surface area (Å²) in [5.41, 5.74) is 0. The van der Waals surface area contributed by atoms with Gasteiger partial charge in [0.15, 0.2) is 13.4 Å². The maximum atomic E-state index is 10.4. The van der Waals surface area contributed by atoms with Gasteiger partial charge in [0.2, 0.25) is 0 Å². The molecule has 146 valence electrons. The zero-order chi connectivity index (χ0) is 19.4. The van der Waals surface area contributed by atoms with Crippen molar-refractivity contribution < 1.29 is 23.4 Å². The Labute approximate surface area is 163 Å². The molecular formula is C12H21N5O5P2S2. The van der Waals surface area contributed by atoms with Gasteiger partial charge in [-0.2, -0.15) is 10.5 Å². The third kappa shape index (κ3) is 8.47. The van der Waals surface area contributed by atoms with Crippen LogP contribution < -0.4 is 10.4 Å². The zero-order valence-corrected chi connectivity index (χ0v) is 17.3. The minimum Gasteiger partial charge on any atom is -0.387 e. The predicted octanol–water partition coefficient (Wildman–Crippen LogP) is 0.116. The van der Waals surface area contributed by atoms with Crippen LogP contribution in [0.5, 0.6) is 0 Å². The summed E-state index contributed by atoms with van der Waals surface area (Å²) in [4.78, 5) is 0. The molecule has 0 bridgehead atoms. The fourth-order valence-electron chi connectivity index (χ4n) is 2.04. The van der Waals surface area contributed by atoms with Crippen LogP contribution in [-0.4, -0.2) is 55.7 Å². The van der Waals surface area contributed by atoms with Crippen molar-refractivity contribution in [3.63, 3.8) is 0 Å². The standard InChI is InChI=1S/C12H21N5O5P2S2/c13-3-1-5-19-23(25)17-10-9(22-12(11(10)18)16-8-15)7-21-24(26)20-6-2-4-14/h8-12,18,23-24H,1-2,5-7H2,(H2,15,16)(H,17,25)/t9-,10-,11-,12-/m1/s1. The van der Waals surface area contributed by atoms with Gasteiger partial charge in [0.1, 0.15) is 19.3 Å². The number of nitriles is 2. The summed E-state index contributed by atoms with van der Waals surface area (Å²) in [7, 11) is -3.86. The Morgan fingerprint density at radius 2 is 1.85 bits per heavy atom. The van der Waals surface area contributed by atoms with Gasteiger partial charge in [0, 0.05) is 0 Å². The molecule has 26 heavy (non-hydrogen) atoms. The summed E-state index contributed by atoms with van der Waals surface area (Å²) in [5, 5.41) is 40.1. The highest BCUT2D eigenvalue weighted by Gasteiger charge is 2.44. The molecule has 14 heteroatoms. The third-order valence-electron chi connectivity index (χ3n) is 3.18. The van der Waals surface area contributed by atoms with Gasteiger partial charge >= 0.3 is 0 Å². The minimum atomic E-state index is -1.97. The fourth-order valence-corrected chi connectivity index (χ4v) is 4.81. The van der Waals surface area contributed by atoms with Gasteiger partial charge in [-0.3, -0.25) is 10.5 Å². The van der Waals surface area contributed by atoms with Crippen molar-refractivity contribution in [3.05, 3.63) is 0 Å². The second-order valence-corrected chi connectivity index (χ2v) is 9.27. The highest BCUT2D eigenvalue weighted by atomic mass is 32.4. The van der Waals surface area contributed by atoms with Gasteiger partial charge in [0.25, 0.3) is 0 Å². The molecule has 4 N–H and O–H groups in total. The summed E-state index contributed by atoms with van der Waals surface area (Å²) < 4.78 is 21.7. The van der Waals surface area contributed by atoms with E-state index in [1.54, 1.807) is 0 Å². The van der Waals surface area contributed by atoms with Crippen LogP contribution >= 0.6 is 14.2 Å². The Bertz CT molecular complexity index is 587. The summed E-state index contributed by atoms with van der Waals surface area (Å²) in [6.07, 6.45) is -1.01. The van der Waals surface area contributed by atoms with Crippen molar-refractivity contribution in [2.45, 2.75) is 37.3 Å². The van der Waals surface area contributed by atoms with E-state index in [0.717, 1.165) is 6.34 Å². The molecule has 0 aromatic rings. The van der Waals surface area contributed by atoms with E-state index >= 15 is 0 Å². The number of rotatable bonds is 13. The second-order valence-electron chi connectivity index (χ2n) is 4.93. The molecule has 1 heterocycles. The molecule has 0 aromatic carbocycles. The molecule has 6 atom stereocenters. The van der Waals surface area contributed by atoms with E-state index in [9.17, 15) is 5.11 Å². The summed E-state index contributed by atoms with van der Waals surface area (Å²) in [6.45, 7) is 0.465. The lowest BCUT2D eigenvalue weighted by Crippen LogP contribution is -2.45. The molecule has 0 aromatic heterocycles. The number of nitrogens with one attached hydrogen (secondary N) is 3. The van der Waals surface area contributed by atoms with E-state index in [-0.39, 0.29) is 32.7 Å². The summed E-state index contributed by atoms with van der Waals surface area (Å²) in [6, 6.07) is 3.31. The lowest BCUT2D eigenvalue weighted by Gasteiger charge is -2.22. The Morgan fingerprint density at radius 1 is 1.19 bits per heavy atom. The van der Waals surface area contributed by atoms with Gasteiger partial charge < -0.3 is 28.7 Å². The summed E-state index contributed by atoms with van der Waals surface area (Å²) >= 11 is 10.3. The second kappa shape index (κ2) is 13.6. The molecule has 0 amide bonds. The van der Waals surface area contributed by atoms with E-state index in [0.29, 0.717) is 0 Å². The molecular weight excluding hydrogens is 420 g/mol. The molecule has 1 saturated heterocycles. The number of hydrogen-bond acceptors (Lipinski definition) is 10. The monoisotopic (exact) mass is 441 g/mol. The molecule has 2 unspecified atom stereocenters. The van der Waals surface area contributed by atoms with Crippen molar-refractivity contribution in [1.29, 1.82) is 15.9 Å². The first kappa shape index (κ1) is 23.5. The van der Waals surface area contributed by atoms with Crippen molar-refractivity contribution in [2.75, 3.05) is 19.8 Å². The van der Waals surface area contributed by atoms with Gasteiger partial charge in [-0.05, 0) is 11.8 Å². The lowest BCUT2D eigenvalue weighted by molar-refractivity contribution is -0.0125. The van der Waals surface area contributed by atoms with Crippen LogP contribution in [0.4, 0.5) is 0 Å². The average molecular weight is 441 g/mol. The van der Waals surface area contributed by atoms with E-state index in [4.69, 9.17) is 57.9 Å². The van der Waals surface area contributed by atoms with Crippen LogP contribution in [0.1, 0.15) is 12.8 Å². The first-order chi connectivity index (χ1) is 12.5. The normalized spacial score (nSPS) is 27.2. The zero-order valence-electron chi connectivity index (χ0n) is 13.7. The molecule has 10 nitrogen and oxygen atoms in total. The molecule has 0 spiro atoms. The number of aliphatic hydroxyl groups is 1. The van der Waals surface area contributed by atoms with Crippen molar-refractivity contribution in [1.82, 2.24) is 10.4 Å². The molecule has 1 fully saturated rings. The highest BCUT2D eigenvalue weighted by molar-refractivity contribution is 8.02. The molecule has 0 saturated carbocycles. The highest BCUT2D eigenvalue weighted by Crippen LogP contribution is 2.30. The van der Waals surface area contributed by atoms with Gasteiger partial charge in [-0.25, -0.2) is 0 Å². The Balaban J connectivity index is 2.59. The number of nitrogens with zero attached hydrogens (tertiary/aromatic N) is 2. The maximum Gasteiger partial charge on any atom is 0.176 e. The van der Waals surface area contributed by atoms with Crippen LogP contribution in [0.15, 0.2) is 0 Å². The van der Waals surface area contributed by atoms with Crippen molar-refractivity contribution in [2.24, 2.45) is 0 Å². The third-order valence-corrected chi connectivity index (χ3v) is 6.47. The van der Waals surface area contributed by atoms with Crippen molar-refractivity contribution >= 4 is 44.2 Å². The lowest BCUT2D eigenvalue weighted by atomic mass is 10.1. The van der Waals surface area contributed by atoms with Crippen LogP contribution in [0.3, 0.4) is 0 Å².